The molecule has 1 aromatic heterocycles. The normalized spacial score (nSPS) is 11.9. The summed E-state index contributed by atoms with van der Waals surface area (Å²) < 4.78 is 6.05. The first-order chi connectivity index (χ1) is 12.7. The molecule has 4 nitrogen and oxygen atoms in total. The van der Waals surface area contributed by atoms with Gasteiger partial charge in [0.15, 0.2) is 5.76 Å². The Kier molecular flexibility index (Phi) is 6.12. The molecule has 1 amide bonds. The first kappa shape index (κ1) is 18.3. The number of nitrogens with one attached hydrogen (secondary N) is 1. The Bertz CT molecular complexity index is 790. The maximum absolute atomic E-state index is 12.1. The maximum atomic E-state index is 12.1. The number of amides is 1. The van der Waals surface area contributed by atoms with E-state index < -0.39 is 0 Å². The van der Waals surface area contributed by atoms with Gasteiger partial charge >= 0.3 is 0 Å². The summed E-state index contributed by atoms with van der Waals surface area (Å²) in [4.78, 5) is 16.8. The highest BCUT2D eigenvalue weighted by Crippen LogP contribution is 2.36. The topological polar surface area (TPSA) is 55.1 Å². The third-order valence-corrected chi connectivity index (χ3v) is 4.83. The van der Waals surface area contributed by atoms with Gasteiger partial charge in [-0.15, -0.1) is 0 Å². The lowest BCUT2D eigenvalue weighted by Gasteiger charge is -2.08. The average molecular weight is 366 g/mol. The van der Waals surface area contributed by atoms with Crippen molar-refractivity contribution in [2.75, 3.05) is 6.54 Å². The Morgan fingerprint density at radius 3 is 2.31 bits per heavy atom. The number of hydrogen-bond donors (Lipinski definition) is 1. The molecule has 0 aliphatic heterocycles. The first-order valence-corrected chi connectivity index (χ1v) is 9.63. The van der Waals surface area contributed by atoms with Crippen molar-refractivity contribution in [2.45, 2.75) is 30.7 Å². The Labute approximate surface area is 158 Å². The number of rotatable bonds is 7. The van der Waals surface area contributed by atoms with Crippen LogP contribution < -0.4 is 5.32 Å². The molecule has 134 valence electrons. The molecule has 5 heteroatoms. The average Bonchev–Trinajstić information content (AvgIpc) is 3.11. The van der Waals surface area contributed by atoms with Gasteiger partial charge in [0.25, 0.3) is 5.22 Å². The zero-order valence-electron chi connectivity index (χ0n) is 14.9. The van der Waals surface area contributed by atoms with Crippen LogP contribution in [0.1, 0.15) is 20.3 Å². The van der Waals surface area contributed by atoms with E-state index >= 15 is 0 Å². The maximum Gasteiger partial charge on any atom is 0.257 e. The monoisotopic (exact) mass is 366 g/mol. The van der Waals surface area contributed by atoms with E-state index in [1.54, 1.807) is 0 Å². The summed E-state index contributed by atoms with van der Waals surface area (Å²) in [5.74, 6) is 0.720. The Balaban J connectivity index is 1.91. The minimum absolute atomic E-state index is 0.00225. The van der Waals surface area contributed by atoms with E-state index in [-0.39, 0.29) is 11.2 Å². The van der Waals surface area contributed by atoms with E-state index in [0.29, 0.717) is 11.8 Å². The van der Waals surface area contributed by atoms with E-state index in [1.165, 1.54) is 11.8 Å². The smallest absolute Gasteiger partial charge is 0.257 e. The fourth-order valence-electron chi connectivity index (χ4n) is 2.52. The van der Waals surface area contributed by atoms with Crippen LogP contribution in [0.2, 0.25) is 0 Å². The molecule has 2 aromatic carbocycles. The highest BCUT2D eigenvalue weighted by atomic mass is 32.2. The number of nitrogens with zero attached hydrogens (tertiary/aromatic N) is 1. The molecule has 3 aromatic rings. The van der Waals surface area contributed by atoms with Gasteiger partial charge in [0, 0.05) is 17.7 Å². The fourth-order valence-corrected chi connectivity index (χ4v) is 3.29. The zero-order chi connectivity index (χ0) is 18.4. The van der Waals surface area contributed by atoms with Gasteiger partial charge in [0.05, 0.1) is 5.25 Å². The van der Waals surface area contributed by atoms with Crippen molar-refractivity contribution in [2.24, 2.45) is 0 Å². The molecule has 0 aliphatic carbocycles. The molecule has 0 unspecified atom stereocenters. The molecule has 1 N–H and O–H groups in total. The third-order valence-electron chi connectivity index (χ3n) is 3.89. The fraction of sp³-hybridized carbons (Fsp3) is 0.238. The van der Waals surface area contributed by atoms with Crippen LogP contribution in [0, 0.1) is 0 Å². The van der Waals surface area contributed by atoms with Gasteiger partial charge < -0.3 is 9.73 Å². The molecule has 0 fully saturated rings. The highest BCUT2D eigenvalue weighted by molar-refractivity contribution is 8.00. The number of carbonyl (C=O) groups is 1. The molecule has 0 radical (unpaired) electrons. The molecule has 1 atom stereocenters. The van der Waals surface area contributed by atoms with Crippen molar-refractivity contribution >= 4 is 17.7 Å². The van der Waals surface area contributed by atoms with Crippen LogP contribution in [0.5, 0.6) is 0 Å². The van der Waals surface area contributed by atoms with Crippen molar-refractivity contribution in [1.29, 1.82) is 0 Å². The summed E-state index contributed by atoms with van der Waals surface area (Å²) in [6.45, 7) is 4.58. The second-order valence-electron chi connectivity index (χ2n) is 5.94. The van der Waals surface area contributed by atoms with Crippen LogP contribution in [0.3, 0.4) is 0 Å². The van der Waals surface area contributed by atoms with Gasteiger partial charge in [-0.2, -0.15) is 0 Å². The molecule has 3 rings (SSSR count). The SMILES string of the molecule is CCCNC(=O)[C@H](C)Sc1nc(-c2ccccc2)c(-c2ccccc2)o1. The van der Waals surface area contributed by atoms with Gasteiger partial charge in [0.1, 0.15) is 5.69 Å². The lowest BCUT2D eigenvalue weighted by Crippen LogP contribution is -2.31. The number of thioether (sulfide) groups is 1. The summed E-state index contributed by atoms with van der Waals surface area (Å²) in [7, 11) is 0. The highest BCUT2D eigenvalue weighted by Gasteiger charge is 2.21. The van der Waals surface area contributed by atoms with Gasteiger partial charge in [-0.3, -0.25) is 4.79 Å². The first-order valence-electron chi connectivity index (χ1n) is 8.75. The van der Waals surface area contributed by atoms with Gasteiger partial charge in [-0.1, -0.05) is 79.3 Å². The van der Waals surface area contributed by atoms with Crippen LogP contribution >= 0.6 is 11.8 Å². The lowest BCUT2D eigenvalue weighted by molar-refractivity contribution is -0.120. The minimum Gasteiger partial charge on any atom is -0.431 e. The Morgan fingerprint density at radius 1 is 1.08 bits per heavy atom. The molecular formula is C21H22N2O2S. The summed E-state index contributed by atoms with van der Waals surface area (Å²) in [5, 5.41) is 3.14. The summed E-state index contributed by atoms with van der Waals surface area (Å²) >= 11 is 1.34. The van der Waals surface area contributed by atoms with E-state index in [4.69, 9.17) is 4.42 Å². The molecule has 26 heavy (non-hydrogen) atoms. The predicted octanol–water partition coefficient (Wildman–Crippen LogP) is 5.02. The molecular weight excluding hydrogens is 344 g/mol. The van der Waals surface area contributed by atoms with Crippen molar-refractivity contribution in [3.05, 3.63) is 60.7 Å². The number of benzene rings is 2. The quantitative estimate of drug-likeness (QED) is 0.597. The zero-order valence-corrected chi connectivity index (χ0v) is 15.8. The van der Waals surface area contributed by atoms with Crippen LogP contribution in [0.4, 0.5) is 0 Å². The molecule has 0 saturated carbocycles. The van der Waals surface area contributed by atoms with Crippen LogP contribution in [-0.2, 0) is 4.79 Å². The number of hydrogen-bond acceptors (Lipinski definition) is 4. The predicted molar refractivity (Wildman–Crippen MR) is 106 cm³/mol. The second-order valence-corrected chi connectivity index (χ2v) is 7.23. The Morgan fingerprint density at radius 2 is 1.69 bits per heavy atom. The molecule has 0 saturated heterocycles. The standard InChI is InChI=1S/C21H22N2O2S/c1-3-14-22-20(24)15(2)26-21-23-18(16-10-6-4-7-11-16)19(25-21)17-12-8-5-9-13-17/h4-13,15H,3,14H2,1-2H3,(H,22,24)/t15-/m0/s1. The Hall–Kier alpha value is -2.53. The summed E-state index contributed by atoms with van der Waals surface area (Å²) in [6.07, 6.45) is 0.915. The van der Waals surface area contributed by atoms with Gasteiger partial charge in [0.2, 0.25) is 5.91 Å². The molecule has 1 heterocycles. The number of aromatic nitrogens is 1. The summed E-state index contributed by atoms with van der Waals surface area (Å²) in [5.41, 5.74) is 2.75. The van der Waals surface area contributed by atoms with Crippen molar-refractivity contribution < 1.29 is 9.21 Å². The molecule has 0 spiro atoms. The van der Waals surface area contributed by atoms with Crippen molar-refractivity contribution in [3.63, 3.8) is 0 Å². The second kappa shape index (κ2) is 8.72. The van der Waals surface area contributed by atoms with Crippen molar-refractivity contribution in [3.8, 4) is 22.6 Å². The minimum atomic E-state index is -0.271. The van der Waals surface area contributed by atoms with Gasteiger partial charge in [-0.25, -0.2) is 4.98 Å². The van der Waals surface area contributed by atoms with Crippen molar-refractivity contribution in [1.82, 2.24) is 10.3 Å². The van der Waals surface area contributed by atoms with E-state index in [9.17, 15) is 4.79 Å². The van der Waals surface area contributed by atoms with Crippen LogP contribution in [0.25, 0.3) is 22.6 Å². The lowest BCUT2D eigenvalue weighted by atomic mass is 10.1. The van der Waals surface area contributed by atoms with Crippen LogP contribution in [0.15, 0.2) is 70.3 Å². The largest absolute Gasteiger partial charge is 0.431 e. The van der Waals surface area contributed by atoms with E-state index in [0.717, 1.165) is 29.0 Å². The van der Waals surface area contributed by atoms with Gasteiger partial charge in [-0.05, 0) is 13.3 Å². The number of oxazole rings is 1. The third kappa shape index (κ3) is 4.35. The van der Waals surface area contributed by atoms with E-state index in [1.807, 2.05) is 74.5 Å². The molecule has 0 bridgehead atoms. The van der Waals surface area contributed by atoms with E-state index in [2.05, 4.69) is 10.3 Å². The summed E-state index contributed by atoms with van der Waals surface area (Å²) in [6, 6.07) is 19.9. The number of carbonyl (C=O) groups excluding carboxylic acids is 1. The van der Waals surface area contributed by atoms with Crippen LogP contribution in [-0.4, -0.2) is 22.7 Å². The molecule has 0 aliphatic rings.